The molecule has 72 valence electrons. The molecule has 0 saturated heterocycles. The van der Waals surface area contributed by atoms with E-state index in [1.807, 2.05) is 13.0 Å². The van der Waals surface area contributed by atoms with Gasteiger partial charge in [0.25, 0.3) is 0 Å². The van der Waals surface area contributed by atoms with Crippen LogP contribution in [-0.4, -0.2) is 5.78 Å². The maximum Gasteiger partial charge on any atom is 0.162 e. The molecule has 1 nitrogen and oxygen atoms in total. The Balaban J connectivity index is 2.92. The van der Waals surface area contributed by atoms with Gasteiger partial charge in [0.15, 0.2) is 5.78 Å². The zero-order valence-corrected chi connectivity index (χ0v) is 8.71. The van der Waals surface area contributed by atoms with Gasteiger partial charge in [0, 0.05) is 5.41 Å². The van der Waals surface area contributed by atoms with Crippen molar-refractivity contribution in [1.82, 2.24) is 0 Å². The minimum Gasteiger partial charge on any atom is -0.294 e. The topological polar surface area (TPSA) is 17.1 Å². The molecule has 0 aromatic carbocycles. The Morgan fingerprint density at radius 3 is 2.77 bits per heavy atom. The highest BCUT2D eigenvalue weighted by molar-refractivity contribution is 5.97. The first-order valence-corrected chi connectivity index (χ1v) is 4.86. The number of carbonyl (C=O) groups excluding carboxylic acids is 1. The molecule has 1 heteroatoms. The van der Waals surface area contributed by atoms with Crippen LogP contribution in [0.2, 0.25) is 0 Å². The van der Waals surface area contributed by atoms with Crippen molar-refractivity contribution in [2.75, 3.05) is 0 Å². The standard InChI is InChI=1S/C12H18O/c1-5-8-12(4)10(9(2)3)6-7-11(12)13/h5-7,9-10H,1,8H2,2-4H3/t10-,12-/m1/s1. The first-order chi connectivity index (χ1) is 6.02. The van der Waals surface area contributed by atoms with Crippen LogP contribution < -0.4 is 0 Å². The van der Waals surface area contributed by atoms with Crippen LogP contribution in [0.3, 0.4) is 0 Å². The summed E-state index contributed by atoms with van der Waals surface area (Å²) in [5.74, 6) is 1.15. The average molecular weight is 178 g/mol. The van der Waals surface area contributed by atoms with Gasteiger partial charge < -0.3 is 0 Å². The second-order valence-electron chi connectivity index (χ2n) is 4.40. The lowest BCUT2D eigenvalue weighted by molar-refractivity contribution is -0.124. The monoisotopic (exact) mass is 178 g/mol. The summed E-state index contributed by atoms with van der Waals surface area (Å²) in [6.07, 6.45) is 6.41. The van der Waals surface area contributed by atoms with E-state index < -0.39 is 0 Å². The lowest BCUT2D eigenvalue weighted by atomic mass is 9.71. The zero-order valence-electron chi connectivity index (χ0n) is 8.71. The van der Waals surface area contributed by atoms with E-state index in [1.54, 1.807) is 6.08 Å². The number of rotatable bonds is 3. The molecule has 0 saturated carbocycles. The van der Waals surface area contributed by atoms with Gasteiger partial charge in [-0.15, -0.1) is 6.58 Å². The molecule has 0 radical (unpaired) electrons. The average Bonchev–Trinajstić information content (AvgIpc) is 2.29. The Hall–Kier alpha value is -0.850. The van der Waals surface area contributed by atoms with Gasteiger partial charge in [0.2, 0.25) is 0 Å². The van der Waals surface area contributed by atoms with Crippen molar-refractivity contribution in [1.29, 1.82) is 0 Å². The van der Waals surface area contributed by atoms with Gasteiger partial charge in [-0.1, -0.05) is 32.9 Å². The highest BCUT2D eigenvalue weighted by atomic mass is 16.1. The summed E-state index contributed by atoms with van der Waals surface area (Å²) in [4.78, 5) is 11.7. The van der Waals surface area contributed by atoms with Crippen molar-refractivity contribution in [3.63, 3.8) is 0 Å². The van der Waals surface area contributed by atoms with Gasteiger partial charge in [0.05, 0.1) is 0 Å². The van der Waals surface area contributed by atoms with E-state index >= 15 is 0 Å². The maximum absolute atomic E-state index is 11.7. The van der Waals surface area contributed by atoms with Crippen molar-refractivity contribution in [2.45, 2.75) is 27.2 Å². The van der Waals surface area contributed by atoms with E-state index in [0.29, 0.717) is 11.8 Å². The summed E-state index contributed by atoms with van der Waals surface area (Å²) in [7, 11) is 0. The lowest BCUT2D eigenvalue weighted by Gasteiger charge is -2.31. The molecule has 0 bridgehead atoms. The van der Waals surface area contributed by atoms with Crippen LogP contribution in [0.1, 0.15) is 27.2 Å². The van der Waals surface area contributed by atoms with E-state index in [4.69, 9.17) is 0 Å². The second kappa shape index (κ2) is 3.49. The van der Waals surface area contributed by atoms with Crippen molar-refractivity contribution < 1.29 is 4.79 Å². The molecule has 0 spiro atoms. The molecular weight excluding hydrogens is 160 g/mol. The van der Waals surface area contributed by atoms with Crippen LogP contribution in [0.25, 0.3) is 0 Å². The molecule has 1 aliphatic carbocycles. The molecule has 0 fully saturated rings. The van der Waals surface area contributed by atoms with Crippen LogP contribution in [0.5, 0.6) is 0 Å². The summed E-state index contributed by atoms with van der Waals surface area (Å²) in [5, 5.41) is 0. The van der Waals surface area contributed by atoms with Crippen LogP contribution in [-0.2, 0) is 4.79 Å². The number of ketones is 1. The fraction of sp³-hybridized carbons (Fsp3) is 0.583. The van der Waals surface area contributed by atoms with E-state index in [2.05, 4.69) is 26.5 Å². The fourth-order valence-electron chi connectivity index (χ4n) is 2.25. The van der Waals surface area contributed by atoms with E-state index in [-0.39, 0.29) is 11.2 Å². The van der Waals surface area contributed by atoms with Crippen molar-refractivity contribution in [3.05, 3.63) is 24.8 Å². The van der Waals surface area contributed by atoms with Crippen LogP contribution >= 0.6 is 0 Å². The first-order valence-electron chi connectivity index (χ1n) is 4.86. The highest BCUT2D eigenvalue weighted by Gasteiger charge is 2.42. The lowest BCUT2D eigenvalue weighted by Crippen LogP contribution is -2.32. The van der Waals surface area contributed by atoms with E-state index in [9.17, 15) is 4.79 Å². The highest BCUT2D eigenvalue weighted by Crippen LogP contribution is 2.42. The molecular formula is C12H18O. The predicted molar refractivity (Wildman–Crippen MR) is 55.4 cm³/mol. The van der Waals surface area contributed by atoms with Crippen LogP contribution in [0.4, 0.5) is 0 Å². The van der Waals surface area contributed by atoms with Gasteiger partial charge in [0.1, 0.15) is 0 Å². The summed E-state index contributed by atoms with van der Waals surface area (Å²) in [5.41, 5.74) is -0.226. The number of hydrogen-bond acceptors (Lipinski definition) is 1. The second-order valence-corrected chi connectivity index (χ2v) is 4.40. The van der Waals surface area contributed by atoms with Crippen LogP contribution in [0.15, 0.2) is 24.8 Å². The smallest absolute Gasteiger partial charge is 0.162 e. The molecule has 0 N–H and O–H groups in total. The van der Waals surface area contributed by atoms with E-state index in [0.717, 1.165) is 6.42 Å². The van der Waals surface area contributed by atoms with E-state index in [1.165, 1.54) is 0 Å². The summed E-state index contributed by atoms with van der Waals surface area (Å²) in [6.45, 7) is 10.1. The summed E-state index contributed by atoms with van der Waals surface area (Å²) in [6, 6.07) is 0. The Morgan fingerprint density at radius 2 is 2.31 bits per heavy atom. The molecule has 1 rings (SSSR count). The Kier molecular flexibility index (Phi) is 2.74. The molecule has 13 heavy (non-hydrogen) atoms. The fourth-order valence-corrected chi connectivity index (χ4v) is 2.25. The third-order valence-corrected chi connectivity index (χ3v) is 3.04. The number of carbonyl (C=O) groups is 1. The van der Waals surface area contributed by atoms with Crippen LogP contribution in [0, 0.1) is 17.3 Å². The summed E-state index contributed by atoms with van der Waals surface area (Å²) < 4.78 is 0. The molecule has 0 aliphatic heterocycles. The molecule has 0 amide bonds. The zero-order chi connectivity index (χ0) is 10.1. The largest absolute Gasteiger partial charge is 0.294 e. The minimum absolute atomic E-state index is 0.226. The summed E-state index contributed by atoms with van der Waals surface area (Å²) >= 11 is 0. The normalized spacial score (nSPS) is 32.9. The molecule has 2 atom stereocenters. The Morgan fingerprint density at radius 1 is 1.69 bits per heavy atom. The molecule has 1 aliphatic rings. The van der Waals surface area contributed by atoms with Gasteiger partial charge in [-0.05, 0) is 24.3 Å². The first kappa shape index (κ1) is 10.2. The SMILES string of the molecule is C=CC[C@@]1(C)C(=O)C=C[C@@H]1C(C)C. The molecule has 0 heterocycles. The maximum atomic E-state index is 11.7. The number of hydrogen-bond donors (Lipinski definition) is 0. The van der Waals surface area contributed by atoms with Crippen molar-refractivity contribution in [2.24, 2.45) is 17.3 Å². The third-order valence-electron chi connectivity index (χ3n) is 3.04. The molecule has 0 unspecified atom stereocenters. The van der Waals surface area contributed by atoms with Gasteiger partial charge >= 0.3 is 0 Å². The Labute approximate surface area is 80.5 Å². The van der Waals surface area contributed by atoms with Gasteiger partial charge in [-0.25, -0.2) is 0 Å². The van der Waals surface area contributed by atoms with Gasteiger partial charge in [-0.3, -0.25) is 4.79 Å². The van der Waals surface area contributed by atoms with Crippen molar-refractivity contribution in [3.8, 4) is 0 Å². The third kappa shape index (κ3) is 1.60. The van der Waals surface area contributed by atoms with Crippen molar-refractivity contribution >= 4 is 5.78 Å². The Bertz CT molecular complexity index is 250. The number of allylic oxidation sites excluding steroid dienone is 3. The molecule has 0 aromatic rings. The predicted octanol–water partition coefficient (Wildman–Crippen LogP) is 2.98. The molecule has 0 aromatic heterocycles. The van der Waals surface area contributed by atoms with Gasteiger partial charge in [-0.2, -0.15) is 0 Å². The quantitative estimate of drug-likeness (QED) is 0.607. The minimum atomic E-state index is -0.226.